The molecule has 1 rings (SSSR count). The third-order valence-electron chi connectivity index (χ3n) is 2.72. The summed E-state index contributed by atoms with van der Waals surface area (Å²) in [6.07, 6.45) is 3.23. The molecule has 0 heterocycles. The maximum atomic E-state index is 5.42. The molecule has 0 spiro atoms. The Kier molecular flexibility index (Phi) is 6.37. The fourth-order valence-corrected chi connectivity index (χ4v) is 2.71. The van der Waals surface area contributed by atoms with Gasteiger partial charge in [-0.05, 0) is 37.0 Å². The van der Waals surface area contributed by atoms with E-state index in [0.717, 1.165) is 23.0 Å². The van der Waals surface area contributed by atoms with Crippen molar-refractivity contribution in [1.82, 2.24) is 4.90 Å². The van der Waals surface area contributed by atoms with Gasteiger partial charge in [0.25, 0.3) is 0 Å². The number of anilines is 1. The summed E-state index contributed by atoms with van der Waals surface area (Å²) in [5.74, 6) is 1.10. The molecule has 0 bridgehead atoms. The highest BCUT2D eigenvalue weighted by Crippen LogP contribution is 2.11. The molecule has 17 heavy (non-hydrogen) atoms. The minimum Gasteiger partial charge on any atom is -0.348 e. The van der Waals surface area contributed by atoms with Crippen LogP contribution in [0.15, 0.2) is 30.3 Å². The van der Waals surface area contributed by atoms with E-state index >= 15 is 0 Å². The molecule has 0 aliphatic heterocycles. The van der Waals surface area contributed by atoms with Gasteiger partial charge in [-0.3, -0.25) is 0 Å². The molecule has 0 aliphatic carbocycles. The van der Waals surface area contributed by atoms with E-state index < -0.39 is 0 Å². The zero-order valence-corrected chi connectivity index (χ0v) is 12.3. The van der Waals surface area contributed by atoms with Crippen molar-refractivity contribution in [3.8, 4) is 0 Å². The Labute approximate surface area is 114 Å². The van der Waals surface area contributed by atoms with Crippen LogP contribution in [0.3, 0.4) is 0 Å². The number of para-hydroxylation sites is 1. The molecule has 1 unspecified atom stereocenters. The summed E-state index contributed by atoms with van der Waals surface area (Å²) >= 11 is 7.28. The molecule has 0 aromatic heterocycles. The number of thiocarbonyl (C=S) groups is 1. The Hall–Kier alpha value is -0.740. The Bertz CT molecular complexity index is 341. The lowest BCUT2D eigenvalue weighted by Gasteiger charge is -2.29. The summed E-state index contributed by atoms with van der Waals surface area (Å²) in [6.45, 7) is 2.20. The molecule has 0 fully saturated rings. The van der Waals surface area contributed by atoms with Gasteiger partial charge >= 0.3 is 0 Å². The van der Waals surface area contributed by atoms with E-state index in [0.29, 0.717) is 6.04 Å². The van der Waals surface area contributed by atoms with Gasteiger partial charge < -0.3 is 10.2 Å². The topological polar surface area (TPSA) is 15.3 Å². The van der Waals surface area contributed by atoms with E-state index in [1.54, 1.807) is 0 Å². The summed E-state index contributed by atoms with van der Waals surface area (Å²) < 4.78 is 0. The molecular weight excluding hydrogens is 248 g/mol. The van der Waals surface area contributed by atoms with Gasteiger partial charge in [0, 0.05) is 24.5 Å². The van der Waals surface area contributed by atoms with Crippen LogP contribution in [0, 0.1) is 0 Å². The van der Waals surface area contributed by atoms with Crippen molar-refractivity contribution in [1.29, 1.82) is 0 Å². The van der Waals surface area contributed by atoms with Crippen molar-refractivity contribution >= 4 is 34.8 Å². The molecule has 0 aliphatic rings. The van der Waals surface area contributed by atoms with E-state index in [2.05, 4.69) is 30.4 Å². The minimum atomic E-state index is 0.494. The highest BCUT2D eigenvalue weighted by molar-refractivity contribution is 7.98. The molecule has 0 saturated heterocycles. The zero-order chi connectivity index (χ0) is 12.7. The van der Waals surface area contributed by atoms with Gasteiger partial charge in [0.2, 0.25) is 0 Å². The predicted molar refractivity (Wildman–Crippen MR) is 82.9 cm³/mol. The number of rotatable bonds is 5. The average Bonchev–Trinajstić information content (AvgIpc) is 2.36. The van der Waals surface area contributed by atoms with E-state index in [4.69, 9.17) is 12.2 Å². The van der Waals surface area contributed by atoms with Crippen molar-refractivity contribution in [3.05, 3.63) is 30.3 Å². The van der Waals surface area contributed by atoms with Crippen LogP contribution < -0.4 is 5.32 Å². The lowest BCUT2D eigenvalue weighted by atomic mass is 10.2. The summed E-state index contributed by atoms with van der Waals surface area (Å²) in [6, 6.07) is 10.5. The minimum absolute atomic E-state index is 0.494. The van der Waals surface area contributed by atoms with Crippen molar-refractivity contribution < 1.29 is 0 Å². The van der Waals surface area contributed by atoms with Crippen LogP contribution in [0.5, 0.6) is 0 Å². The van der Waals surface area contributed by atoms with E-state index in [-0.39, 0.29) is 0 Å². The first-order valence-corrected chi connectivity index (χ1v) is 7.57. The standard InChI is InChI=1S/C13H20N2S2/c1-4-12(10-17-3)15(2)13(16)14-11-8-6-5-7-9-11/h5-9,12H,4,10H2,1-3H3,(H,14,16). The second-order valence-electron chi connectivity index (χ2n) is 3.92. The predicted octanol–water partition coefficient (Wildman–Crippen LogP) is 3.46. The summed E-state index contributed by atoms with van der Waals surface area (Å²) in [7, 11) is 2.06. The maximum absolute atomic E-state index is 5.42. The fraction of sp³-hybridized carbons (Fsp3) is 0.462. The Morgan fingerprint density at radius 3 is 2.59 bits per heavy atom. The maximum Gasteiger partial charge on any atom is 0.173 e. The zero-order valence-electron chi connectivity index (χ0n) is 10.6. The SMILES string of the molecule is CCC(CSC)N(C)C(=S)Nc1ccccc1. The highest BCUT2D eigenvalue weighted by atomic mass is 32.2. The number of thioether (sulfide) groups is 1. The van der Waals surface area contributed by atoms with Crippen LogP contribution in [-0.4, -0.2) is 35.1 Å². The number of nitrogens with one attached hydrogen (secondary N) is 1. The molecule has 2 nitrogen and oxygen atoms in total. The van der Waals surface area contributed by atoms with Gasteiger partial charge in [-0.1, -0.05) is 25.1 Å². The Morgan fingerprint density at radius 1 is 1.41 bits per heavy atom. The molecule has 1 aromatic carbocycles. The van der Waals surface area contributed by atoms with Crippen LogP contribution in [-0.2, 0) is 0 Å². The van der Waals surface area contributed by atoms with E-state index in [1.165, 1.54) is 0 Å². The molecule has 94 valence electrons. The summed E-state index contributed by atoms with van der Waals surface area (Å²) in [5.41, 5.74) is 1.04. The Balaban J connectivity index is 2.57. The molecule has 1 N–H and O–H groups in total. The number of hydrogen-bond acceptors (Lipinski definition) is 2. The first-order chi connectivity index (χ1) is 8.19. The molecule has 1 aromatic rings. The normalized spacial score (nSPS) is 11.9. The van der Waals surface area contributed by atoms with Gasteiger partial charge in [0.05, 0.1) is 0 Å². The van der Waals surface area contributed by atoms with Gasteiger partial charge in [0.15, 0.2) is 5.11 Å². The smallest absolute Gasteiger partial charge is 0.173 e. The molecule has 4 heteroatoms. The van der Waals surface area contributed by atoms with Crippen LogP contribution in [0.2, 0.25) is 0 Å². The molecule has 0 radical (unpaired) electrons. The van der Waals surface area contributed by atoms with Crippen molar-refractivity contribution in [2.75, 3.05) is 24.4 Å². The van der Waals surface area contributed by atoms with Gasteiger partial charge in [-0.25, -0.2) is 0 Å². The molecule has 0 saturated carbocycles. The van der Waals surface area contributed by atoms with Crippen molar-refractivity contribution in [2.24, 2.45) is 0 Å². The first-order valence-electron chi connectivity index (χ1n) is 5.76. The van der Waals surface area contributed by atoms with E-state index in [1.807, 2.05) is 42.1 Å². The third-order valence-corrected chi connectivity index (χ3v) is 3.83. The summed E-state index contributed by atoms with van der Waals surface area (Å²) in [4.78, 5) is 2.15. The van der Waals surface area contributed by atoms with Crippen LogP contribution in [0.1, 0.15) is 13.3 Å². The second-order valence-corrected chi connectivity index (χ2v) is 5.22. The van der Waals surface area contributed by atoms with Gasteiger partial charge in [-0.2, -0.15) is 11.8 Å². The third kappa shape index (κ3) is 4.56. The monoisotopic (exact) mass is 268 g/mol. The van der Waals surface area contributed by atoms with Crippen LogP contribution in [0.25, 0.3) is 0 Å². The van der Waals surface area contributed by atoms with Crippen molar-refractivity contribution in [3.63, 3.8) is 0 Å². The molecular formula is C13H20N2S2. The number of hydrogen-bond donors (Lipinski definition) is 1. The number of nitrogens with zero attached hydrogens (tertiary/aromatic N) is 1. The lowest BCUT2D eigenvalue weighted by Crippen LogP contribution is -2.40. The quantitative estimate of drug-likeness (QED) is 0.822. The Morgan fingerprint density at radius 2 is 2.06 bits per heavy atom. The first kappa shape index (κ1) is 14.3. The highest BCUT2D eigenvalue weighted by Gasteiger charge is 2.14. The van der Waals surface area contributed by atoms with Crippen LogP contribution >= 0.6 is 24.0 Å². The second kappa shape index (κ2) is 7.56. The average molecular weight is 268 g/mol. The van der Waals surface area contributed by atoms with E-state index in [9.17, 15) is 0 Å². The molecule has 0 amide bonds. The lowest BCUT2D eigenvalue weighted by molar-refractivity contribution is 0.392. The van der Waals surface area contributed by atoms with Gasteiger partial charge in [-0.15, -0.1) is 0 Å². The summed E-state index contributed by atoms with van der Waals surface area (Å²) in [5, 5.41) is 4.05. The van der Waals surface area contributed by atoms with Crippen LogP contribution in [0.4, 0.5) is 5.69 Å². The van der Waals surface area contributed by atoms with Gasteiger partial charge in [0.1, 0.15) is 0 Å². The molecule has 1 atom stereocenters. The number of benzene rings is 1. The largest absolute Gasteiger partial charge is 0.348 e. The van der Waals surface area contributed by atoms with Crippen molar-refractivity contribution in [2.45, 2.75) is 19.4 Å². The fourth-order valence-electron chi connectivity index (χ4n) is 1.59.